The highest BCUT2D eigenvalue weighted by Gasteiger charge is 2.20. The highest BCUT2D eigenvalue weighted by molar-refractivity contribution is 6.34. The van der Waals surface area contributed by atoms with Crippen molar-refractivity contribution in [3.05, 3.63) is 76.6 Å². The van der Waals surface area contributed by atoms with Crippen LogP contribution in [0.4, 0.5) is 15.8 Å². The maximum Gasteiger partial charge on any atom is 0.274 e. The number of halogens is 2. The van der Waals surface area contributed by atoms with Crippen LogP contribution in [0.3, 0.4) is 0 Å². The molecular weight excluding hydrogens is 499 g/mol. The molecule has 0 bridgehead atoms. The Morgan fingerprint density at radius 2 is 1.59 bits per heavy atom. The van der Waals surface area contributed by atoms with E-state index in [-0.39, 0.29) is 22.0 Å². The molecule has 0 fully saturated rings. The van der Waals surface area contributed by atoms with E-state index in [9.17, 15) is 18.8 Å². The van der Waals surface area contributed by atoms with Crippen LogP contribution in [0.1, 0.15) is 58.0 Å². The van der Waals surface area contributed by atoms with Gasteiger partial charge in [-0.2, -0.15) is 0 Å². The monoisotopic (exact) mass is 528 g/mol. The van der Waals surface area contributed by atoms with Crippen molar-refractivity contribution in [1.29, 1.82) is 0 Å². The van der Waals surface area contributed by atoms with Crippen LogP contribution in [0.5, 0.6) is 0 Å². The van der Waals surface area contributed by atoms with Crippen LogP contribution in [0.2, 0.25) is 5.02 Å². The molecule has 2 aromatic carbocycles. The highest BCUT2D eigenvalue weighted by Crippen LogP contribution is 2.20. The summed E-state index contributed by atoms with van der Waals surface area (Å²) >= 11 is 5.93. The lowest BCUT2D eigenvalue weighted by atomic mass is 10.2. The molecule has 0 saturated heterocycles. The van der Waals surface area contributed by atoms with Gasteiger partial charge in [-0.15, -0.1) is 0 Å². The average Bonchev–Trinajstić information content (AvgIpc) is 3.37. The minimum atomic E-state index is -0.537. The van der Waals surface area contributed by atoms with Gasteiger partial charge < -0.3 is 25.8 Å². The van der Waals surface area contributed by atoms with E-state index in [2.05, 4.69) is 44.7 Å². The van der Waals surface area contributed by atoms with Gasteiger partial charge in [-0.1, -0.05) is 25.4 Å². The molecule has 0 aliphatic rings. The first-order chi connectivity index (χ1) is 17.8. The number of benzene rings is 2. The number of nitrogens with one attached hydrogen (secondary N) is 4. The molecule has 0 radical (unpaired) electrons. The van der Waals surface area contributed by atoms with Crippen molar-refractivity contribution >= 4 is 40.7 Å². The van der Waals surface area contributed by atoms with Crippen LogP contribution < -0.4 is 16.0 Å². The topological polar surface area (TPSA) is 119 Å². The van der Waals surface area contributed by atoms with Crippen LogP contribution >= 0.6 is 11.6 Å². The van der Waals surface area contributed by atoms with E-state index in [0.29, 0.717) is 17.9 Å². The lowest BCUT2D eigenvalue weighted by Crippen LogP contribution is -2.29. The molecule has 3 aromatic rings. The Morgan fingerprint density at radius 1 is 0.946 bits per heavy atom. The van der Waals surface area contributed by atoms with Crippen LogP contribution in [-0.2, 0) is 0 Å². The number of hydrogen-bond donors (Lipinski definition) is 4. The van der Waals surface area contributed by atoms with Crippen molar-refractivity contribution in [3.63, 3.8) is 0 Å². The predicted molar refractivity (Wildman–Crippen MR) is 142 cm³/mol. The van der Waals surface area contributed by atoms with Gasteiger partial charge in [0.1, 0.15) is 11.5 Å². The van der Waals surface area contributed by atoms with Crippen molar-refractivity contribution in [2.24, 2.45) is 0 Å². The summed E-state index contributed by atoms with van der Waals surface area (Å²) in [4.78, 5) is 46.7. The van der Waals surface area contributed by atoms with Crippen molar-refractivity contribution < 1.29 is 18.8 Å². The van der Waals surface area contributed by atoms with E-state index >= 15 is 0 Å². The number of anilines is 2. The van der Waals surface area contributed by atoms with Crippen molar-refractivity contribution in [1.82, 2.24) is 20.2 Å². The van der Waals surface area contributed by atoms with Crippen molar-refractivity contribution in [3.8, 4) is 0 Å². The smallest absolute Gasteiger partial charge is 0.274 e. The maximum atomic E-state index is 13.2. The van der Waals surface area contributed by atoms with Gasteiger partial charge in [0.05, 0.1) is 16.9 Å². The summed E-state index contributed by atoms with van der Waals surface area (Å²) in [5.41, 5.74) is 1.09. The number of amides is 3. The zero-order chi connectivity index (χ0) is 26.8. The molecule has 0 saturated carbocycles. The molecule has 37 heavy (non-hydrogen) atoms. The summed E-state index contributed by atoms with van der Waals surface area (Å²) in [6.07, 6.45) is 3.08. The molecule has 9 nitrogen and oxygen atoms in total. The van der Waals surface area contributed by atoms with Gasteiger partial charge in [-0.05, 0) is 74.9 Å². The molecule has 0 aliphatic heterocycles. The summed E-state index contributed by atoms with van der Waals surface area (Å²) in [5, 5.41) is 8.17. The Morgan fingerprint density at radius 3 is 2.22 bits per heavy atom. The molecule has 196 valence electrons. The molecule has 0 aliphatic carbocycles. The Hall–Kier alpha value is -3.76. The minimum Gasteiger partial charge on any atom is -0.351 e. The molecule has 11 heteroatoms. The first-order valence-corrected chi connectivity index (χ1v) is 12.4. The van der Waals surface area contributed by atoms with E-state index in [1.54, 1.807) is 24.3 Å². The van der Waals surface area contributed by atoms with E-state index in [0.717, 1.165) is 44.6 Å². The molecule has 3 amide bonds. The third-order valence-electron chi connectivity index (χ3n) is 5.74. The number of carbonyl (C=O) groups excluding carboxylic acids is 3. The second-order valence-corrected chi connectivity index (χ2v) is 8.63. The highest BCUT2D eigenvalue weighted by atomic mass is 35.5. The Balaban J connectivity index is 1.52. The van der Waals surface area contributed by atoms with Crippen LogP contribution in [0, 0.1) is 5.82 Å². The third kappa shape index (κ3) is 7.86. The number of unbranched alkanes of at least 4 members (excludes halogenated alkanes) is 1. The SMILES string of the molecule is CCN(CC)CCCCNC(=O)c1nc[nH]c1C(=O)Nc1ccc(NC(=O)c2ccc(F)cc2Cl)cc1. The number of nitrogens with zero attached hydrogens (tertiary/aromatic N) is 2. The summed E-state index contributed by atoms with van der Waals surface area (Å²) in [7, 11) is 0. The number of aromatic amines is 1. The first kappa shape index (κ1) is 27.8. The molecule has 1 aromatic heterocycles. The largest absolute Gasteiger partial charge is 0.351 e. The zero-order valence-corrected chi connectivity index (χ0v) is 21.5. The fourth-order valence-electron chi connectivity index (χ4n) is 3.63. The van der Waals surface area contributed by atoms with Gasteiger partial charge >= 0.3 is 0 Å². The van der Waals surface area contributed by atoms with Gasteiger partial charge in [0, 0.05) is 17.9 Å². The first-order valence-electron chi connectivity index (χ1n) is 12.0. The lowest BCUT2D eigenvalue weighted by molar-refractivity contribution is 0.0934. The van der Waals surface area contributed by atoms with Crippen LogP contribution in [-0.4, -0.2) is 58.8 Å². The van der Waals surface area contributed by atoms with Crippen molar-refractivity contribution in [2.75, 3.05) is 36.8 Å². The van der Waals surface area contributed by atoms with Gasteiger partial charge in [0.15, 0.2) is 5.69 Å². The van der Waals surface area contributed by atoms with Crippen molar-refractivity contribution in [2.45, 2.75) is 26.7 Å². The normalized spacial score (nSPS) is 10.8. The summed E-state index contributed by atoms with van der Waals surface area (Å²) in [5.74, 6) is -1.99. The van der Waals surface area contributed by atoms with Crippen LogP contribution in [0.15, 0.2) is 48.8 Å². The van der Waals surface area contributed by atoms with Crippen LogP contribution in [0.25, 0.3) is 0 Å². The molecule has 4 N–H and O–H groups in total. The van der Waals surface area contributed by atoms with Gasteiger partial charge in [-0.3, -0.25) is 14.4 Å². The Kier molecular flexibility index (Phi) is 10.2. The number of H-pyrrole nitrogens is 1. The second kappa shape index (κ2) is 13.5. The van der Waals surface area contributed by atoms with Gasteiger partial charge in [0.2, 0.25) is 0 Å². The molecular formula is C26H30ClFN6O3. The molecule has 0 unspecified atom stereocenters. The maximum absolute atomic E-state index is 13.2. The number of imidazole rings is 1. The predicted octanol–water partition coefficient (Wildman–Crippen LogP) is 4.56. The lowest BCUT2D eigenvalue weighted by Gasteiger charge is -2.17. The van der Waals surface area contributed by atoms with Gasteiger partial charge in [-0.25, -0.2) is 9.37 Å². The second-order valence-electron chi connectivity index (χ2n) is 8.23. The number of hydrogen-bond acceptors (Lipinski definition) is 5. The van der Waals surface area contributed by atoms with E-state index < -0.39 is 23.5 Å². The third-order valence-corrected chi connectivity index (χ3v) is 6.05. The molecule has 0 atom stereocenters. The number of rotatable bonds is 12. The fourth-order valence-corrected chi connectivity index (χ4v) is 3.88. The average molecular weight is 529 g/mol. The number of carbonyl (C=O) groups is 3. The Labute approximate surface area is 219 Å². The fraction of sp³-hybridized carbons (Fsp3) is 0.308. The van der Waals surface area contributed by atoms with E-state index in [1.807, 2.05) is 0 Å². The van der Waals surface area contributed by atoms with E-state index in [4.69, 9.17) is 11.6 Å². The quantitative estimate of drug-likeness (QED) is 0.257. The summed E-state index contributed by atoms with van der Waals surface area (Å²) in [6, 6.07) is 9.86. The standard InChI is InChI=1S/C26H30ClFN6O3/c1-3-34(4-2)14-6-5-13-29-25(36)22-23(31-16-30-22)26(37)33-19-10-8-18(9-11-19)32-24(35)20-12-7-17(28)15-21(20)27/h7-12,15-16H,3-6,13-14H2,1-2H3,(H,29,36)(H,30,31)(H,32,35)(H,33,37). The molecule has 3 rings (SSSR count). The van der Waals surface area contributed by atoms with Gasteiger partial charge in [0.25, 0.3) is 17.7 Å². The Bertz CT molecular complexity index is 1230. The molecule has 0 spiro atoms. The summed E-state index contributed by atoms with van der Waals surface area (Å²) in [6.45, 7) is 7.70. The minimum absolute atomic E-state index is 0.000382. The molecule has 1 heterocycles. The summed E-state index contributed by atoms with van der Waals surface area (Å²) < 4.78 is 13.2. The number of aromatic nitrogens is 2. The zero-order valence-electron chi connectivity index (χ0n) is 20.7. The van der Waals surface area contributed by atoms with E-state index in [1.165, 1.54) is 12.4 Å².